The summed E-state index contributed by atoms with van der Waals surface area (Å²) in [5.74, 6) is 0.152. The Kier molecular flexibility index (Phi) is 3.77. The molecule has 22 heavy (non-hydrogen) atoms. The Labute approximate surface area is 131 Å². The molecule has 0 radical (unpaired) electrons. The lowest BCUT2D eigenvalue weighted by molar-refractivity contribution is 0.589. The van der Waals surface area contributed by atoms with Crippen molar-refractivity contribution in [2.24, 2.45) is 5.14 Å². The first-order valence-corrected chi connectivity index (χ1v) is 9.05. The van der Waals surface area contributed by atoms with Crippen LogP contribution in [0.2, 0.25) is 0 Å². The number of fused-ring (bicyclic) bond motifs is 1. The van der Waals surface area contributed by atoms with Gasteiger partial charge in [-0.15, -0.1) is 11.8 Å². The van der Waals surface area contributed by atoms with Crippen molar-refractivity contribution in [3.63, 3.8) is 0 Å². The minimum absolute atomic E-state index is 0.152. The third-order valence-electron chi connectivity index (χ3n) is 2.93. The largest absolute Gasteiger partial charge is 0.338 e. The Hall–Kier alpha value is -2.10. The van der Waals surface area contributed by atoms with Gasteiger partial charge in [0.05, 0.1) is 0 Å². The zero-order chi connectivity index (χ0) is 15.7. The van der Waals surface area contributed by atoms with E-state index in [1.807, 2.05) is 24.5 Å². The number of primary sulfonamides is 1. The van der Waals surface area contributed by atoms with Crippen molar-refractivity contribution >= 4 is 38.9 Å². The van der Waals surface area contributed by atoms with Crippen LogP contribution in [0.1, 0.15) is 0 Å². The quantitative estimate of drug-likeness (QED) is 0.705. The highest BCUT2D eigenvalue weighted by atomic mass is 32.2. The Morgan fingerprint density at radius 2 is 1.91 bits per heavy atom. The van der Waals surface area contributed by atoms with Crippen LogP contribution in [0.5, 0.6) is 0 Å². The average molecular weight is 335 g/mol. The number of hydrogen-bond acceptors (Lipinski definition) is 6. The summed E-state index contributed by atoms with van der Waals surface area (Å²) in [6.45, 7) is 0. The molecule has 0 aliphatic rings. The zero-order valence-electron chi connectivity index (χ0n) is 11.6. The number of thioether (sulfide) groups is 1. The fraction of sp³-hybridized carbons (Fsp3) is 0.0769. The van der Waals surface area contributed by atoms with E-state index in [-0.39, 0.29) is 10.8 Å². The van der Waals surface area contributed by atoms with Gasteiger partial charge in [-0.3, -0.25) is 0 Å². The summed E-state index contributed by atoms with van der Waals surface area (Å²) in [6, 6.07) is 12.6. The first-order valence-electron chi connectivity index (χ1n) is 6.27. The lowest BCUT2D eigenvalue weighted by atomic mass is 10.3. The SMILES string of the molecule is CSc1ccc2nc(Nc3ccccc3)c(S(N)(=O)=O)n2n1. The molecule has 0 aliphatic carbocycles. The van der Waals surface area contributed by atoms with Gasteiger partial charge in [-0.05, 0) is 30.5 Å². The summed E-state index contributed by atoms with van der Waals surface area (Å²) in [6.07, 6.45) is 1.85. The topological polar surface area (TPSA) is 102 Å². The van der Waals surface area contributed by atoms with E-state index in [1.54, 1.807) is 24.3 Å². The normalized spacial score (nSPS) is 11.7. The van der Waals surface area contributed by atoms with Gasteiger partial charge in [0.1, 0.15) is 5.03 Å². The van der Waals surface area contributed by atoms with E-state index in [2.05, 4.69) is 15.4 Å². The predicted octanol–water partition coefficient (Wildman–Crippen LogP) is 1.84. The van der Waals surface area contributed by atoms with Crippen LogP contribution in [0.15, 0.2) is 52.5 Å². The van der Waals surface area contributed by atoms with E-state index in [0.29, 0.717) is 16.4 Å². The van der Waals surface area contributed by atoms with E-state index in [9.17, 15) is 8.42 Å². The van der Waals surface area contributed by atoms with E-state index in [4.69, 9.17) is 5.14 Å². The van der Waals surface area contributed by atoms with Crippen LogP contribution in [0.4, 0.5) is 11.5 Å². The maximum absolute atomic E-state index is 11.9. The number of nitrogens with one attached hydrogen (secondary N) is 1. The number of rotatable bonds is 4. The molecule has 0 unspecified atom stereocenters. The van der Waals surface area contributed by atoms with Crippen LogP contribution in [-0.4, -0.2) is 29.3 Å². The third-order valence-corrected chi connectivity index (χ3v) is 4.47. The van der Waals surface area contributed by atoms with Gasteiger partial charge in [0.15, 0.2) is 11.5 Å². The van der Waals surface area contributed by atoms with Gasteiger partial charge in [0.25, 0.3) is 10.0 Å². The number of aromatic nitrogens is 3. The van der Waals surface area contributed by atoms with E-state index >= 15 is 0 Å². The molecule has 0 spiro atoms. The number of nitrogens with zero attached hydrogens (tertiary/aromatic N) is 3. The summed E-state index contributed by atoms with van der Waals surface area (Å²) in [7, 11) is -4.00. The molecule has 0 fully saturated rings. The number of imidazole rings is 1. The predicted molar refractivity (Wildman–Crippen MR) is 85.9 cm³/mol. The van der Waals surface area contributed by atoms with Crippen LogP contribution in [-0.2, 0) is 10.0 Å². The second kappa shape index (κ2) is 5.59. The molecule has 2 heterocycles. The van der Waals surface area contributed by atoms with Gasteiger partial charge >= 0.3 is 0 Å². The molecule has 114 valence electrons. The van der Waals surface area contributed by atoms with Gasteiger partial charge < -0.3 is 5.32 Å². The molecule has 0 saturated heterocycles. The third kappa shape index (κ3) is 2.78. The first-order chi connectivity index (χ1) is 10.5. The smallest absolute Gasteiger partial charge is 0.259 e. The van der Waals surface area contributed by atoms with Crippen molar-refractivity contribution in [1.82, 2.24) is 14.6 Å². The number of nitrogens with two attached hydrogens (primary N) is 1. The van der Waals surface area contributed by atoms with E-state index in [1.165, 1.54) is 16.3 Å². The van der Waals surface area contributed by atoms with Gasteiger partial charge in [-0.1, -0.05) is 18.2 Å². The van der Waals surface area contributed by atoms with Crippen LogP contribution in [0, 0.1) is 0 Å². The Morgan fingerprint density at radius 3 is 2.55 bits per heavy atom. The van der Waals surface area contributed by atoms with Gasteiger partial charge in [0.2, 0.25) is 5.03 Å². The molecule has 0 aliphatic heterocycles. The van der Waals surface area contributed by atoms with Crippen molar-refractivity contribution in [2.45, 2.75) is 10.1 Å². The minimum Gasteiger partial charge on any atom is -0.338 e. The van der Waals surface area contributed by atoms with Crippen molar-refractivity contribution in [2.75, 3.05) is 11.6 Å². The van der Waals surface area contributed by atoms with Crippen LogP contribution >= 0.6 is 11.8 Å². The molecule has 3 aromatic rings. The van der Waals surface area contributed by atoms with Crippen LogP contribution in [0.25, 0.3) is 5.65 Å². The second-order valence-corrected chi connectivity index (χ2v) is 6.75. The fourth-order valence-corrected chi connectivity index (χ4v) is 3.11. The van der Waals surface area contributed by atoms with E-state index < -0.39 is 10.0 Å². The molecule has 7 nitrogen and oxygen atoms in total. The van der Waals surface area contributed by atoms with Crippen LogP contribution in [0.3, 0.4) is 0 Å². The van der Waals surface area contributed by atoms with Crippen molar-refractivity contribution in [3.8, 4) is 0 Å². The number of para-hydroxylation sites is 1. The lowest BCUT2D eigenvalue weighted by Gasteiger charge is -2.05. The van der Waals surface area contributed by atoms with E-state index in [0.717, 1.165) is 0 Å². The second-order valence-electron chi connectivity index (χ2n) is 4.45. The summed E-state index contributed by atoms with van der Waals surface area (Å²) < 4.78 is 25.1. The monoisotopic (exact) mass is 335 g/mol. The molecule has 0 atom stereocenters. The number of benzene rings is 1. The zero-order valence-corrected chi connectivity index (χ0v) is 13.2. The Bertz CT molecular complexity index is 922. The van der Waals surface area contributed by atoms with Crippen LogP contribution < -0.4 is 10.5 Å². The first kappa shape index (κ1) is 14.8. The molecule has 1 aromatic carbocycles. The highest BCUT2D eigenvalue weighted by Gasteiger charge is 2.23. The summed E-state index contributed by atoms with van der Waals surface area (Å²) in [5, 5.41) is 13.0. The van der Waals surface area contributed by atoms with Crippen molar-refractivity contribution in [3.05, 3.63) is 42.5 Å². The Morgan fingerprint density at radius 1 is 1.18 bits per heavy atom. The molecule has 3 rings (SSSR count). The molecule has 0 saturated carbocycles. The number of sulfonamides is 1. The molecule has 0 bridgehead atoms. The number of hydrogen-bond donors (Lipinski definition) is 2. The molecule has 2 aromatic heterocycles. The van der Waals surface area contributed by atoms with Gasteiger partial charge in [-0.25, -0.2) is 18.5 Å². The Balaban J connectivity index is 2.21. The standard InChI is InChI=1S/C13H13N5O2S2/c1-21-11-8-7-10-16-12(15-9-5-3-2-4-6-9)13(18(10)17-11)22(14,19)20/h2-8,15H,1H3,(H2,14,19,20). The van der Waals surface area contributed by atoms with Gasteiger partial charge in [-0.2, -0.15) is 9.61 Å². The average Bonchev–Trinajstić information content (AvgIpc) is 2.84. The summed E-state index contributed by atoms with van der Waals surface area (Å²) >= 11 is 1.40. The summed E-state index contributed by atoms with van der Waals surface area (Å²) in [5.41, 5.74) is 1.11. The maximum Gasteiger partial charge on any atom is 0.259 e. The minimum atomic E-state index is -4.00. The van der Waals surface area contributed by atoms with Gasteiger partial charge in [0, 0.05) is 5.69 Å². The molecule has 9 heteroatoms. The fourth-order valence-electron chi connectivity index (χ4n) is 2.00. The molecular formula is C13H13N5O2S2. The lowest BCUT2D eigenvalue weighted by Crippen LogP contribution is -2.17. The highest BCUT2D eigenvalue weighted by molar-refractivity contribution is 7.98. The van der Waals surface area contributed by atoms with Crippen molar-refractivity contribution < 1.29 is 8.42 Å². The molecule has 0 amide bonds. The van der Waals surface area contributed by atoms with Crippen molar-refractivity contribution in [1.29, 1.82) is 0 Å². The number of anilines is 2. The molecule has 3 N–H and O–H groups in total. The molecular weight excluding hydrogens is 322 g/mol. The highest BCUT2D eigenvalue weighted by Crippen LogP contribution is 2.25. The summed E-state index contributed by atoms with van der Waals surface area (Å²) in [4.78, 5) is 4.27. The maximum atomic E-state index is 11.9.